The van der Waals surface area contributed by atoms with Crippen LogP contribution in [0.5, 0.6) is 5.75 Å². The molecule has 3 aromatic rings. The summed E-state index contributed by atoms with van der Waals surface area (Å²) in [5.41, 5.74) is 2.17. The summed E-state index contributed by atoms with van der Waals surface area (Å²) in [4.78, 5) is 22.7. The van der Waals surface area contributed by atoms with E-state index in [2.05, 4.69) is 11.9 Å². The molecule has 1 fully saturated rings. The second-order valence-electron chi connectivity index (χ2n) is 9.01. The lowest BCUT2D eigenvalue weighted by Crippen LogP contribution is -2.35. The van der Waals surface area contributed by atoms with Gasteiger partial charge in [-0.05, 0) is 50.1 Å². The molecule has 9 nitrogen and oxygen atoms in total. The number of sulfonamides is 1. The zero-order valence-electron chi connectivity index (χ0n) is 21.1. The number of benzene rings is 1. The molecule has 0 spiro atoms. The summed E-state index contributed by atoms with van der Waals surface area (Å²) < 4.78 is 48.9. The predicted molar refractivity (Wildman–Crippen MR) is 138 cm³/mol. The van der Waals surface area contributed by atoms with Gasteiger partial charge in [-0.3, -0.25) is 9.69 Å². The Bertz CT molecular complexity index is 1390. The number of fused-ring (bicyclic) bond motifs is 1. The molecule has 0 bridgehead atoms. The highest BCUT2D eigenvalue weighted by molar-refractivity contribution is 7.89. The number of nitrogens with one attached hydrogen (secondary N) is 1. The van der Waals surface area contributed by atoms with Crippen molar-refractivity contribution in [3.8, 4) is 17.1 Å². The van der Waals surface area contributed by atoms with E-state index >= 15 is 0 Å². The molecule has 2 aromatic heterocycles. The van der Waals surface area contributed by atoms with E-state index in [1.165, 1.54) is 16.4 Å². The molecule has 3 heterocycles. The summed E-state index contributed by atoms with van der Waals surface area (Å²) in [7, 11) is -2.01. The first-order valence-corrected chi connectivity index (χ1v) is 13.9. The van der Waals surface area contributed by atoms with Crippen LogP contribution in [0.2, 0.25) is 0 Å². The Labute approximate surface area is 210 Å². The van der Waals surface area contributed by atoms with Crippen molar-refractivity contribution >= 4 is 21.1 Å². The number of aromatic nitrogens is 3. The Hall–Kier alpha value is -2.76. The largest absolute Gasteiger partial charge is 0.493 e. The molecule has 4 rings (SSSR count). The Kier molecular flexibility index (Phi) is 8.11. The third-order valence-corrected chi connectivity index (χ3v) is 8.41. The fourth-order valence-corrected chi connectivity index (χ4v) is 6.27. The molecule has 0 radical (unpaired) electrons. The number of rotatable bonds is 9. The molecule has 36 heavy (non-hydrogen) atoms. The average molecular weight is 520 g/mol. The number of hydrogen-bond acceptors (Lipinski definition) is 6. The third kappa shape index (κ3) is 5.18. The molecule has 1 saturated heterocycles. The van der Waals surface area contributed by atoms with Crippen molar-refractivity contribution in [2.75, 3.05) is 46.0 Å². The Morgan fingerprint density at radius 1 is 1.17 bits per heavy atom. The number of ether oxygens (including phenoxy) is 1. The van der Waals surface area contributed by atoms with Crippen LogP contribution in [0.25, 0.3) is 22.4 Å². The molecule has 0 amide bonds. The minimum Gasteiger partial charge on any atom is -0.493 e. The smallest absolute Gasteiger partial charge is 0.275 e. The molecule has 11 heteroatoms. The Balaban J connectivity index is 1.78. The van der Waals surface area contributed by atoms with Gasteiger partial charge in [-0.1, -0.05) is 13.3 Å². The molecular weight excluding hydrogens is 485 g/mol. The van der Waals surface area contributed by atoms with Crippen LogP contribution in [0.4, 0.5) is 4.39 Å². The quantitative estimate of drug-likeness (QED) is 0.467. The Morgan fingerprint density at radius 3 is 2.69 bits per heavy atom. The van der Waals surface area contributed by atoms with Crippen LogP contribution in [-0.2, 0) is 23.5 Å². The fourth-order valence-electron chi connectivity index (χ4n) is 4.77. The van der Waals surface area contributed by atoms with Crippen molar-refractivity contribution in [3.63, 3.8) is 0 Å². The van der Waals surface area contributed by atoms with Gasteiger partial charge in [0.1, 0.15) is 23.8 Å². The van der Waals surface area contributed by atoms with Crippen LogP contribution in [0.3, 0.4) is 0 Å². The molecular formula is C25H34FN5O4S. The normalized spacial score (nSPS) is 15.9. The summed E-state index contributed by atoms with van der Waals surface area (Å²) in [5, 5.41) is 0. The summed E-state index contributed by atoms with van der Waals surface area (Å²) in [6, 6.07) is 4.66. The molecule has 1 aliphatic heterocycles. The highest BCUT2D eigenvalue weighted by Gasteiger charge is 2.28. The van der Waals surface area contributed by atoms with Gasteiger partial charge in [0.25, 0.3) is 5.56 Å². The van der Waals surface area contributed by atoms with Gasteiger partial charge in [-0.25, -0.2) is 17.8 Å². The van der Waals surface area contributed by atoms with Crippen LogP contribution in [0.1, 0.15) is 32.3 Å². The highest BCUT2D eigenvalue weighted by Crippen LogP contribution is 2.32. The standard InChI is InChI=1S/C25H34FN5O4S/c1-4-7-18-17-29(3)23-22(18)27-24(28-25(23)32)20-16-19(8-9-21(20)35-5-2)36(33,34)31-12-6-11-30(13-10-26)14-15-31/h8-9,16-17H,4-7,10-15H2,1-3H3,(H,27,28,32). The summed E-state index contributed by atoms with van der Waals surface area (Å²) >= 11 is 0. The maximum atomic E-state index is 13.6. The van der Waals surface area contributed by atoms with Crippen molar-refractivity contribution in [1.82, 2.24) is 23.7 Å². The van der Waals surface area contributed by atoms with E-state index in [4.69, 9.17) is 9.72 Å². The van der Waals surface area contributed by atoms with E-state index in [1.54, 1.807) is 10.6 Å². The van der Waals surface area contributed by atoms with Gasteiger partial charge < -0.3 is 14.3 Å². The van der Waals surface area contributed by atoms with Crippen LogP contribution in [0.15, 0.2) is 34.1 Å². The third-order valence-electron chi connectivity index (χ3n) is 6.51. The molecule has 1 N–H and O–H groups in total. The van der Waals surface area contributed by atoms with E-state index in [0.29, 0.717) is 61.6 Å². The lowest BCUT2D eigenvalue weighted by atomic mass is 10.1. The summed E-state index contributed by atoms with van der Waals surface area (Å²) in [6.45, 7) is 5.91. The monoisotopic (exact) mass is 519 g/mol. The Morgan fingerprint density at radius 2 is 1.97 bits per heavy atom. The van der Waals surface area contributed by atoms with E-state index in [-0.39, 0.29) is 22.8 Å². The summed E-state index contributed by atoms with van der Waals surface area (Å²) in [5.74, 6) is 0.707. The van der Waals surface area contributed by atoms with Crippen molar-refractivity contribution in [1.29, 1.82) is 0 Å². The van der Waals surface area contributed by atoms with Crippen molar-refractivity contribution < 1.29 is 17.5 Å². The van der Waals surface area contributed by atoms with Crippen LogP contribution in [0, 0.1) is 0 Å². The number of halogens is 1. The predicted octanol–water partition coefficient (Wildman–Crippen LogP) is 2.95. The van der Waals surface area contributed by atoms with E-state index < -0.39 is 16.7 Å². The second-order valence-corrected chi connectivity index (χ2v) is 10.9. The van der Waals surface area contributed by atoms with Gasteiger partial charge in [0.05, 0.1) is 22.6 Å². The zero-order valence-corrected chi connectivity index (χ0v) is 21.9. The molecule has 0 atom stereocenters. The number of aromatic amines is 1. The van der Waals surface area contributed by atoms with Gasteiger partial charge in [0.2, 0.25) is 10.0 Å². The second kappa shape index (κ2) is 11.1. The van der Waals surface area contributed by atoms with Crippen LogP contribution in [-0.4, -0.2) is 78.2 Å². The molecule has 1 aromatic carbocycles. The van der Waals surface area contributed by atoms with Crippen molar-refractivity contribution in [2.24, 2.45) is 7.05 Å². The topological polar surface area (TPSA) is 101 Å². The maximum absolute atomic E-state index is 13.6. The molecule has 196 valence electrons. The van der Waals surface area contributed by atoms with Gasteiger partial charge in [0, 0.05) is 39.4 Å². The van der Waals surface area contributed by atoms with Gasteiger partial charge in [-0.15, -0.1) is 0 Å². The molecule has 0 aliphatic carbocycles. The maximum Gasteiger partial charge on any atom is 0.275 e. The van der Waals surface area contributed by atoms with E-state index in [9.17, 15) is 17.6 Å². The highest BCUT2D eigenvalue weighted by atomic mass is 32.2. The minimum absolute atomic E-state index is 0.101. The molecule has 0 saturated carbocycles. The number of alkyl halides is 1. The number of H-pyrrole nitrogens is 1. The minimum atomic E-state index is -3.82. The van der Waals surface area contributed by atoms with Crippen molar-refractivity contribution in [2.45, 2.75) is 38.0 Å². The fraction of sp³-hybridized carbons (Fsp3) is 0.520. The van der Waals surface area contributed by atoms with Gasteiger partial charge >= 0.3 is 0 Å². The first kappa shape index (κ1) is 26.3. The van der Waals surface area contributed by atoms with Crippen LogP contribution >= 0.6 is 0 Å². The zero-order chi connectivity index (χ0) is 25.9. The average Bonchev–Trinajstić information content (AvgIpc) is 3.00. The first-order chi connectivity index (χ1) is 17.3. The molecule has 1 aliphatic rings. The van der Waals surface area contributed by atoms with Crippen LogP contribution < -0.4 is 10.3 Å². The number of nitrogens with zero attached hydrogens (tertiary/aromatic N) is 4. The number of hydrogen-bond donors (Lipinski definition) is 1. The lowest BCUT2D eigenvalue weighted by Gasteiger charge is -2.22. The molecule has 0 unspecified atom stereocenters. The lowest BCUT2D eigenvalue weighted by molar-refractivity contribution is 0.258. The van der Waals surface area contributed by atoms with E-state index in [0.717, 1.165) is 18.4 Å². The SMILES string of the molecule is CCCc1cn(C)c2c(=O)[nH]c(-c3cc(S(=O)(=O)N4CCCN(CCF)CC4)ccc3OCC)nc12. The van der Waals surface area contributed by atoms with Gasteiger partial charge in [0.15, 0.2) is 0 Å². The first-order valence-electron chi connectivity index (χ1n) is 12.4. The number of aryl methyl sites for hydroxylation is 2. The van der Waals surface area contributed by atoms with E-state index in [1.807, 2.05) is 25.1 Å². The summed E-state index contributed by atoms with van der Waals surface area (Å²) in [6.07, 6.45) is 4.22. The van der Waals surface area contributed by atoms with Crippen molar-refractivity contribution in [3.05, 3.63) is 40.3 Å². The van der Waals surface area contributed by atoms with Gasteiger partial charge in [-0.2, -0.15) is 4.31 Å².